The van der Waals surface area contributed by atoms with Gasteiger partial charge in [0.15, 0.2) is 0 Å². The molecule has 0 aliphatic heterocycles. The number of para-hydroxylation sites is 1. The van der Waals surface area contributed by atoms with Crippen molar-refractivity contribution in [1.29, 1.82) is 0 Å². The number of ether oxygens (including phenoxy) is 1. The van der Waals surface area contributed by atoms with Gasteiger partial charge in [-0.2, -0.15) is 0 Å². The van der Waals surface area contributed by atoms with Gasteiger partial charge in [0.2, 0.25) is 0 Å². The lowest BCUT2D eigenvalue weighted by atomic mass is 10.0. The molecule has 0 aliphatic rings. The smallest absolute Gasteiger partial charge is 0.149 e. The third-order valence-electron chi connectivity index (χ3n) is 3.13. The average Bonchev–Trinajstić information content (AvgIpc) is 2.55. The summed E-state index contributed by atoms with van der Waals surface area (Å²) in [7, 11) is 0. The van der Waals surface area contributed by atoms with E-state index in [9.17, 15) is 0 Å². The summed E-state index contributed by atoms with van der Waals surface area (Å²) in [5.41, 5.74) is 1.09. The highest BCUT2D eigenvalue weighted by Crippen LogP contribution is 2.28. The molecule has 0 radical (unpaired) electrons. The highest BCUT2D eigenvalue weighted by molar-refractivity contribution is 5.38. The minimum atomic E-state index is -0.0424. The van der Waals surface area contributed by atoms with Crippen LogP contribution in [0.4, 0.5) is 0 Å². The first kappa shape index (κ1) is 15.4. The molecule has 1 N–H and O–H groups in total. The standard InChI is InChI=1S/C17H23N3O/c1-3-10-18-16(17-19-11-7-12-20-17)14-8-5-6-9-15(14)21-13-4-2/h5-9,11-12,16,18H,3-4,10,13H2,1-2H3. The molecule has 0 saturated heterocycles. The Balaban J connectivity index is 2.32. The highest BCUT2D eigenvalue weighted by Gasteiger charge is 2.19. The van der Waals surface area contributed by atoms with Crippen molar-refractivity contribution in [2.45, 2.75) is 32.7 Å². The van der Waals surface area contributed by atoms with Gasteiger partial charge in [-0.3, -0.25) is 0 Å². The normalized spacial score (nSPS) is 12.1. The highest BCUT2D eigenvalue weighted by atomic mass is 16.5. The largest absolute Gasteiger partial charge is 0.493 e. The van der Waals surface area contributed by atoms with Gasteiger partial charge < -0.3 is 10.1 Å². The molecule has 0 spiro atoms. The molecule has 4 nitrogen and oxygen atoms in total. The van der Waals surface area contributed by atoms with E-state index in [4.69, 9.17) is 4.74 Å². The van der Waals surface area contributed by atoms with Gasteiger partial charge in [-0.05, 0) is 31.5 Å². The van der Waals surface area contributed by atoms with Crippen LogP contribution in [-0.4, -0.2) is 23.1 Å². The van der Waals surface area contributed by atoms with E-state index < -0.39 is 0 Å². The van der Waals surface area contributed by atoms with Gasteiger partial charge in [0.05, 0.1) is 12.6 Å². The Morgan fingerprint density at radius 2 is 1.81 bits per heavy atom. The molecule has 0 saturated carbocycles. The van der Waals surface area contributed by atoms with Gasteiger partial charge in [-0.15, -0.1) is 0 Å². The molecule has 4 heteroatoms. The summed E-state index contributed by atoms with van der Waals surface area (Å²) in [6.07, 6.45) is 5.60. The maximum absolute atomic E-state index is 5.87. The van der Waals surface area contributed by atoms with E-state index in [1.54, 1.807) is 12.4 Å². The summed E-state index contributed by atoms with van der Waals surface area (Å²) in [5.74, 6) is 1.68. The molecule has 0 fully saturated rings. The number of rotatable bonds is 8. The average molecular weight is 285 g/mol. The number of hydrogen-bond donors (Lipinski definition) is 1. The molecule has 1 atom stereocenters. The molecule has 112 valence electrons. The molecule has 1 aromatic carbocycles. The maximum atomic E-state index is 5.87. The number of hydrogen-bond acceptors (Lipinski definition) is 4. The summed E-state index contributed by atoms with van der Waals surface area (Å²) >= 11 is 0. The van der Waals surface area contributed by atoms with E-state index in [0.717, 1.165) is 36.5 Å². The van der Waals surface area contributed by atoms with Crippen molar-refractivity contribution < 1.29 is 4.74 Å². The lowest BCUT2D eigenvalue weighted by molar-refractivity contribution is 0.311. The van der Waals surface area contributed by atoms with Crippen LogP contribution in [0.1, 0.15) is 44.1 Å². The molecule has 0 aliphatic carbocycles. The molecule has 0 amide bonds. The van der Waals surface area contributed by atoms with Crippen LogP contribution < -0.4 is 10.1 Å². The number of nitrogens with one attached hydrogen (secondary N) is 1. The summed E-state index contributed by atoms with van der Waals surface area (Å²) < 4.78 is 5.87. The van der Waals surface area contributed by atoms with Gasteiger partial charge in [-0.25, -0.2) is 9.97 Å². The lowest BCUT2D eigenvalue weighted by Crippen LogP contribution is -2.25. The molecular weight excluding hydrogens is 262 g/mol. The second-order valence-electron chi connectivity index (χ2n) is 4.88. The number of aromatic nitrogens is 2. The van der Waals surface area contributed by atoms with Crippen molar-refractivity contribution in [2.75, 3.05) is 13.2 Å². The molecule has 1 aromatic heterocycles. The van der Waals surface area contributed by atoms with Crippen molar-refractivity contribution in [3.8, 4) is 5.75 Å². The van der Waals surface area contributed by atoms with Crippen molar-refractivity contribution in [3.05, 3.63) is 54.1 Å². The number of benzene rings is 1. The van der Waals surface area contributed by atoms with Crippen LogP contribution in [0.5, 0.6) is 5.75 Å². The van der Waals surface area contributed by atoms with E-state index in [2.05, 4.69) is 35.2 Å². The minimum Gasteiger partial charge on any atom is -0.493 e. The van der Waals surface area contributed by atoms with E-state index in [1.165, 1.54) is 0 Å². The quantitative estimate of drug-likeness (QED) is 0.808. The Morgan fingerprint density at radius 1 is 1.05 bits per heavy atom. The zero-order valence-electron chi connectivity index (χ0n) is 12.7. The van der Waals surface area contributed by atoms with E-state index >= 15 is 0 Å². The molecule has 0 bridgehead atoms. The van der Waals surface area contributed by atoms with Crippen molar-refractivity contribution in [2.24, 2.45) is 0 Å². The summed E-state index contributed by atoms with van der Waals surface area (Å²) in [4.78, 5) is 8.80. The first-order valence-corrected chi connectivity index (χ1v) is 7.58. The Labute approximate surface area is 126 Å². The zero-order chi connectivity index (χ0) is 14.9. The fourth-order valence-electron chi connectivity index (χ4n) is 2.15. The van der Waals surface area contributed by atoms with Gasteiger partial charge in [-0.1, -0.05) is 32.0 Å². The molecule has 2 aromatic rings. The van der Waals surface area contributed by atoms with Gasteiger partial charge >= 0.3 is 0 Å². The molecule has 21 heavy (non-hydrogen) atoms. The predicted octanol–water partition coefficient (Wildman–Crippen LogP) is 3.35. The van der Waals surface area contributed by atoms with Crippen LogP contribution >= 0.6 is 0 Å². The van der Waals surface area contributed by atoms with E-state index in [1.807, 2.05) is 24.3 Å². The van der Waals surface area contributed by atoms with Crippen molar-refractivity contribution in [1.82, 2.24) is 15.3 Å². The monoisotopic (exact) mass is 285 g/mol. The van der Waals surface area contributed by atoms with Crippen LogP contribution in [0, 0.1) is 0 Å². The summed E-state index contributed by atoms with van der Waals surface area (Å²) in [6, 6.07) is 9.90. The van der Waals surface area contributed by atoms with Crippen LogP contribution in [0.25, 0.3) is 0 Å². The van der Waals surface area contributed by atoms with Crippen LogP contribution in [0.2, 0.25) is 0 Å². The van der Waals surface area contributed by atoms with E-state index in [0.29, 0.717) is 6.61 Å². The summed E-state index contributed by atoms with van der Waals surface area (Å²) in [6.45, 7) is 5.88. The number of nitrogens with zero attached hydrogens (tertiary/aromatic N) is 2. The molecule has 2 rings (SSSR count). The van der Waals surface area contributed by atoms with Gasteiger partial charge in [0.25, 0.3) is 0 Å². The Bertz CT molecular complexity index is 531. The van der Waals surface area contributed by atoms with Crippen LogP contribution in [0.3, 0.4) is 0 Å². The SMILES string of the molecule is CCCNC(c1ncccn1)c1ccccc1OCCC. The van der Waals surface area contributed by atoms with E-state index in [-0.39, 0.29) is 6.04 Å². The first-order valence-electron chi connectivity index (χ1n) is 7.58. The molecule has 1 heterocycles. The Hall–Kier alpha value is -1.94. The Kier molecular flexibility index (Phi) is 6.16. The summed E-state index contributed by atoms with van der Waals surface area (Å²) in [5, 5.41) is 3.51. The first-order chi connectivity index (χ1) is 10.4. The third kappa shape index (κ3) is 4.26. The predicted molar refractivity (Wildman–Crippen MR) is 84.4 cm³/mol. The van der Waals surface area contributed by atoms with Crippen LogP contribution in [0.15, 0.2) is 42.7 Å². The van der Waals surface area contributed by atoms with Crippen molar-refractivity contribution >= 4 is 0 Å². The van der Waals surface area contributed by atoms with Crippen LogP contribution in [-0.2, 0) is 0 Å². The molecular formula is C17H23N3O. The van der Waals surface area contributed by atoms with Crippen molar-refractivity contribution in [3.63, 3.8) is 0 Å². The molecule has 1 unspecified atom stereocenters. The fraction of sp³-hybridized carbons (Fsp3) is 0.412. The lowest BCUT2D eigenvalue weighted by Gasteiger charge is -2.20. The topological polar surface area (TPSA) is 47.0 Å². The Morgan fingerprint density at radius 3 is 2.52 bits per heavy atom. The second kappa shape index (κ2) is 8.37. The second-order valence-corrected chi connectivity index (χ2v) is 4.88. The maximum Gasteiger partial charge on any atom is 0.149 e. The third-order valence-corrected chi connectivity index (χ3v) is 3.13. The van der Waals surface area contributed by atoms with Gasteiger partial charge in [0, 0.05) is 18.0 Å². The minimum absolute atomic E-state index is 0.0424. The van der Waals surface area contributed by atoms with Gasteiger partial charge in [0.1, 0.15) is 11.6 Å². The zero-order valence-corrected chi connectivity index (χ0v) is 12.7. The fourth-order valence-corrected chi connectivity index (χ4v) is 2.15.